The lowest BCUT2D eigenvalue weighted by molar-refractivity contribution is 0.183. The van der Waals surface area contributed by atoms with E-state index in [9.17, 15) is 5.11 Å². The molecule has 1 rings (SSSR count). The number of aliphatic hydroxyl groups excluding tert-OH is 1. The van der Waals surface area contributed by atoms with Crippen molar-refractivity contribution in [3.63, 3.8) is 0 Å². The van der Waals surface area contributed by atoms with E-state index in [-0.39, 0.29) is 12.6 Å². The van der Waals surface area contributed by atoms with Crippen molar-refractivity contribution in [3.8, 4) is 11.5 Å². The van der Waals surface area contributed by atoms with E-state index in [1.54, 1.807) is 14.2 Å². The van der Waals surface area contributed by atoms with E-state index in [4.69, 9.17) is 27.4 Å². The Morgan fingerprint density at radius 2 is 2.10 bits per heavy atom. The number of nitrogens with zero attached hydrogens (tertiary/aromatic N) is 1. The van der Waals surface area contributed by atoms with Crippen LogP contribution in [0.3, 0.4) is 0 Å². The second-order valence-electron chi connectivity index (χ2n) is 4.26. The summed E-state index contributed by atoms with van der Waals surface area (Å²) in [6.07, 6.45) is 0. The van der Waals surface area contributed by atoms with Crippen LogP contribution >= 0.6 is 12.2 Å². The van der Waals surface area contributed by atoms with Gasteiger partial charge in [0.05, 0.1) is 31.9 Å². The van der Waals surface area contributed by atoms with Gasteiger partial charge in [-0.2, -0.15) is 0 Å². The number of likely N-dealkylation sites (N-methyl/N-ethyl adjacent to an activating group) is 1. The summed E-state index contributed by atoms with van der Waals surface area (Å²) in [6, 6.07) is 5.21. The molecule has 0 aliphatic rings. The van der Waals surface area contributed by atoms with Gasteiger partial charge in [-0.15, -0.1) is 0 Å². The van der Waals surface area contributed by atoms with Crippen molar-refractivity contribution in [2.75, 3.05) is 33.9 Å². The quantitative estimate of drug-likeness (QED) is 0.706. The van der Waals surface area contributed by atoms with E-state index in [2.05, 4.69) is 0 Å². The van der Waals surface area contributed by atoms with Gasteiger partial charge in [0.15, 0.2) is 0 Å². The number of rotatable bonds is 8. The molecule has 6 heteroatoms. The number of aliphatic hydroxyl groups is 1. The molecule has 5 nitrogen and oxygen atoms in total. The molecule has 0 amide bonds. The van der Waals surface area contributed by atoms with Crippen molar-refractivity contribution in [2.24, 2.45) is 5.73 Å². The Hall–Kier alpha value is -1.37. The van der Waals surface area contributed by atoms with Gasteiger partial charge in [-0.05, 0) is 24.7 Å². The molecule has 1 aromatic rings. The molecule has 0 heterocycles. The summed E-state index contributed by atoms with van der Waals surface area (Å²) in [4.78, 5) is 2.34. The zero-order valence-electron chi connectivity index (χ0n) is 12.1. The van der Waals surface area contributed by atoms with E-state index in [1.165, 1.54) is 0 Å². The van der Waals surface area contributed by atoms with Gasteiger partial charge in [0.25, 0.3) is 0 Å². The topological polar surface area (TPSA) is 68.0 Å². The predicted molar refractivity (Wildman–Crippen MR) is 83.4 cm³/mol. The first-order valence-corrected chi connectivity index (χ1v) is 6.86. The lowest BCUT2D eigenvalue weighted by Crippen LogP contribution is -2.38. The van der Waals surface area contributed by atoms with Crippen molar-refractivity contribution in [3.05, 3.63) is 23.8 Å². The first kappa shape index (κ1) is 16.7. The minimum absolute atomic E-state index is 0.0409. The van der Waals surface area contributed by atoms with Crippen LogP contribution < -0.4 is 15.2 Å². The summed E-state index contributed by atoms with van der Waals surface area (Å²) in [5, 5.41) is 9.19. The summed E-state index contributed by atoms with van der Waals surface area (Å²) in [6.45, 7) is 3.23. The number of hydrogen-bond donors (Lipinski definition) is 2. The maximum Gasteiger partial charge on any atom is 0.124 e. The molecule has 20 heavy (non-hydrogen) atoms. The van der Waals surface area contributed by atoms with Crippen LogP contribution in [0.4, 0.5) is 0 Å². The van der Waals surface area contributed by atoms with Crippen LogP contribution in [0.5, 0.6) is 11.5 Å². The Morgan fingerprint density at radius 1 is 1.40 bits per heavy atom. The monoisotopic (exact) mass is 298 g/mol. The molecular formula is C14H22N2O3S. The fourth-order valence-corrected chi connectivity index (χ4v) is 2.46. The molecule has 0 fully saturated rings. The Labute approximate surface area is 125 Å². The average molecular weight is 298 g/mol. The third kappa shape index (κ3) is 3.82. The fraction of sp³-hybridized carbons (Fsp3) is 0.500. The number of nitrogens with two attached hydrogens (primary N) is 1. The van der Waals surface area contributed by atoms with Gasteiger partial charge >= 0.3 is 0 Å². The number of benzene rings is 1. The number of methoxy groups -OCH3 is 2. The van der Waals surface area contributed by atoms with Gasteiger partial charge in [-0.1, -0.05) is 19.1 Å². The Bertz CT molecular complexity index is 454. The third-order valence-corrected chi connectivity index (χ3v) is 3.38. The summed E-state index contributed by atoms with van der Waals surface area (Å²) in [5.41, 5.74) is 6.74. The predicted octanol–water partition coefficient (Wildman–Crippen LogP) is 1.35. The summed E-state index contributed by atoms with van der Waals surface area (Å²) < 4.78 is 10.6. The lowest BCUT2D eigenvalue weighted by atomic mass is 10.0. The SMILES string of the molecule is CCN(CCO)C(C(N)=S)c1cc(OC)ccc1OC. The molecule has 1 aromatic carbocycles. The summed E-state index contributed by atoms with van der Waals surface area (Å²) in [5.74, 6) is 1.40. The van der Waals surface area contributed by atoms with Gasteiger partial charge in [0.1, 0.15) is 11.5 Å². The highest BCUT2D eigenvalue weighted by molar-refractivity contribution is 7.80. The van der Waals surface area contributed by atoms with Crippen molar-refractivity contribution in [2.45, 2.75) is 13.0 Å². The lowest BCUT2D eigenvalue weighted by Gasteiger charge is -2.30. The van der Waals surface area contributed by atoms with Crippen molar-refractivity contribution >= 4 is 17.2 Å². The molecule has 0 bridgehead atoms. The molecule has 0 aromatic heterocycles. The Balaban J connectivity index is 3.28. The van der Waals surface area contributed by atoms with Gasteiger partial charge in [0.2, 0.25) is 0 Å². The van der Waals surface area contributed by atoms with Crippen LogP contribution in [0, 0.1) is 0 Å². The Morgan fingerprint density at radius 3 is 2.55 bits per heavy atom. The molecule has 112 valence electrons. The van der Waals surface area contributed by atoms with Crippen molar-refractivity contribution in [1.82, 2.24) is 4.90 Å². The molecule has 0 saturated heterocycles. The fourth-order valence-electron chi connectivity index (χ4n) is 2.18. The molecule has 0 spiro atoms. The van der Waals surface area contributed by atoms with E-state index >= 15 is 0 Å². The number of hydrogen-bond acceptors (Lipinski definition) is 5. The summed E-state index contributed by atoms with van der Waals surface area (Å²) >= 11 is 5.20. The van der Waals surface area contributed by atoms with Gasteiger partial charge in [-0.3, -0.25) is 4.90 Å². The first-order valence-electron chi connectivity index (χ1n) is 6.45. The minimum atomic E-state index is -0.299. The van der Waals surface area contributed by atoms with E-state index < -0.39 is 0 Å². The Kier molecular flexibility index (Phi) is 6.70. The van der Waals surface area contributed by atoms with Crippen LogP contribution in [-0.2, 0) is 0 Å². The van der Waals surface area contributed by atoms with Crippen molar-refractivity contribution in [1.29, 1.82) is 0 Å². The second-order valence-corrected chi connectivity index (χ2v) is 4.74. The second kappa shape index (κ2) is 8.04. The van der Waals surface area contributed by atoms with E-state index in [1.807, 2.05) is 30.0 Å². The van der Waals surface area contributed by atoms with Gasteiger partial charge < -0.3 is 20.3 Å². The highest BCUT2D eigenvalue weighted by Gasteiger charge is 2.25. The van der Waals surface area contributed by atoms with Crippen LogP contribution in [0.25, 0.3) is 0 Å². The van der Waals surface area contributed by atoms with E-state index in [0.717, 1.165) is 5.56 Å². The number of ether oxygens (including phenoxy) is 2. The first-order chi connectivity index (χ1) is 9.58. The highest BCUT2D eigenvalue weighted by Crippen LogP contribution is 2.32. The van der Waals surface area contributed by atoms with Crippen molar-refractivity contribution < 1.29 is 14.6 Å². The largest absolute Gasteiger partial charge is 0.497 e. The minimum Gasteiger partial charge on any atom is -0.497 e. The molecule has 3 N–H and O–H groups in total. The average Bonchev–Trinajstić information content (AvgIpc) is 2.46. The zero-order valence-corrected chi connectivity index (χ0v) is 12.9. The van der Waals surface area contributed by atoms with Crippen LogP contribution in [-0.4, -0.2) is 48.9 Å². The molecular weight excluding hydrogens is 276 g/mol. The van der Waals surface area contributed by atoms with Crippen LogP contribution in [0.2, 0.25) is 0 Å². The maximum atomic E-state index is 9.19. The normalized spacial score (nSPS) is 12.2. The molecule has 0 aliphatic heterocycles. The van der Waals surface area contributed by atoms with Crippen LogP contribution in [0.15, 0.2) is 18.2 Å². The summed E-state index contributed by atoms with van der Waals surface area (Å²) in [7, 11) is 3.21. The van der Waals surface area contributed by atoms with Gasteiger partial charge in [-0.25, -0.2) is 0 Å². The molecule has 0 radical (unpaired) electrons. The number of thiocarbonyl (C=S) groups is 1. The van der Waals surface area contributed by atoms with E-state index in [0.29, 0.717) is 29.6 Å². The van der Waals surface area contributed by atoms with Gasteiger partial charge in [0, 0.05) is 12.1 Å². The molecule has 0 saturated carbocycles. The highest BCUT2D eigenvalue weighted by atomic mass is 32.1. The zero-order chi connectivity index (χ0) is 15.1. The maximum absolute atomic E-state index is 9.19. The molecule has 0 aliphatic carbocycles. The smallest absolute Gasteiger partial charge is 0.124 e. The standard InChI is InChI=1S/C14H22N2O3S/c1-4-16(7-8-17)13(14(15)20)11-9-10(18-2)5-6-12(11)19-3/h5-6,9,13,17H,4,7-8H2,1-3H3,(H2,15,20). The van der Waals surface area contributed by atoms with Crippen LogP contribution in [0.1, 0.15) is 18.5 Å². The third-order valence-electron chi connectivity index (χ3n) is 3.16. The molecule has 1 unspecified atom stereocenters. The molecule has 1 atom stereocenters.